The maximum absolute atomic E-state index is 7.38. The van der Waals surface area contributed by atoms with Gasteiger partial charge in [0.1, 0.15) is 48.5 Å². The fourth-order valence-electron chi connectivity index (χ4n) is 8.99. The van der Waals surface area contributed by atoms with E-state index in [0.717, 1.165) is 33.4 Å². The van der Waals surface area contributed by atoms with Gasteiger partial charge in [-0.15, -0.1) is 0 Å². The normalized spacial score (nSPS) is 24.1. The molecule has 72 heavy (non-hydrogen) atoms. The molecule has 7 aromatic rings. The highest BCUT2D eigenvalue weighted by Gasteiger charge is 2.55. The Labute approximate surface area is 423 Å². The molecule has 0 N–H and O–H groups in total. The molecule has 2 saturated heterocycles. The predicted octanol–water partition coefficient (Wildman–Crippen LogP) is 10.7. The van der Waals surface area contributed by atoms with E-state index in [1.165, 1.54) is 0 Å². The molecule has 0 amide bonds. The Bertz CT molecular complexity index is 2550. The summed E-state index contributed by atoms with van der Waals surface area (Å²) in [7, 11) is 1.60. The lowest BCUT2D eigenvalue weighted by Gasteiger charge is -2.50. The first-order valence-corrected chi connectivity index (χ1v) is 24.7. The fraction of sp³-hybridized carbons (Fsp3) is 0.311. The Morgan fingerprint density at radius 1 is 0.319 bits per heavy atom. The third kappa shape index (κ3) is 14.6. The van der Waals surface area contributed by atoms with Crippen LogP contribution in [0.3, 0.4) is 0 Å². The van der Waals surface area contributed by atoms with Gasteiger partial charge in [-0.1, -0.05) is 200 Å². The van der Waals surface area contributed by atoms with Crippen molar-refractivity contribution >= 4 is 0 Å². The topological polar surface area (TPSA) is 102 Å². The van der Waals surface area contributed by atoms with Crippen LogP contribution < -0.4 is 4.74 Å². The predicted molar refractivity (Wildman–Crippen MR) is 272 cm³/mol. The van der Waals surface area contributed by atoms with Gasteiger partial charge >= 0.3 is 0 Å². The summed E-state index contributed by atoms with van der Waals surface area (Å²) < 4.78 is 75.6. The highest BCUT2D eigenvalue weighted by atomic mass is 16.8. The van der Waals surface area contributed by atoms with Gasteiger partial charge in [-0.2, -0.15) is 0 Å². The highest BCUT2D eigenvalue weighted by Crippen LogP contribution is 2.37. The van der Waals surface area contributed by atoms with E-state index in [9.17, 15) is 0 Å². The van der Waals surface area contributed by atoms with E-state index in [0.29, 0.717) is 19.0 Å². The lowest BCUT2D eigenvalue weighted by molar-refractivity contribution is -0.375. The highest BCUT2D eigenvalue weighted by molar-refractivity contribution is 5.23. The third-order valence-corrected chi connectivity index (χ3v) is 12.6. The summed E-state index contributed by atoms with van der Waals surface area (Å²) in [4.78, 5) is 0. The quantitative estimate of drug-likeness (QED) is 0.0547. The molecule has 2 heterocycles. The first-order valence-electron chi connectivity index (χ1n) is 24.7. The molecule has 2 aliphatic rings. The molecule has 11 nitrogen and oxygen atoms in total. The van der Waals surface area contributed by atoms with Crippen LogP contribution in [-0.4, -0.2) is 81.7 Å². The monoisotopic (exact) mass is 972 g/mol. The van der Waals surface area contributed by atoms with Crippen LogP contribution in [0.5, 0.6) is 5.75 Å². The summed E-state index contributed by atoms with van der Waals surface area (Å²) in [5.41, 5.74) is 5.99. The second-order valence-electron chi connectivity index (χ2n) is 17.9. The molecule has 2 aliphatic heterocycles. The third-order valence-electron chi connectivity index (χ3n) is 12.6. The molecular formula is C61H64O11. The van der Waals surface area contributed by atoms with Crippen molar-refractivity contribution < 1.29 is 52.1 Å². The van der Waals surface area contributed by atoms with Crippen molar-refractivity contribution in [2.24, 2.45) is 0 Å². The van der Waals surface area contributed by atoms with Crippen molar-refractivity contribution in [1.82, 2.24) is 0 Å². The Balaban J connectivity index is 1.09. The Kier molecular flexibility index (Phi) is 19.2. The maximum Gasteiger partial charge on any atom is 0.198 e. The van der Waals surface area contributed by atoms with E-state index in [4.69, 9.17) is 52.1 Å². The summed E-state index contributed by atoms with van der Waals surface area (Å²) in [5, 5.41) is 0. The van der Waals surface area contributed by atoms with Crippen LogP contribution in [0, 0.1) is 0 Å². The van der Waals surface area contributed by atoms with E-state index in [-0.39, 0.29) is 39.6 Å². The standard InChI is InChI=1S/C61H64O11/c1-62-60-58(56(67-41-49-31-17-6-18-32-49)54(65-39-47-27-13-4-14-28-47)52(70-60)43-63-37-45-23-9-2-10-24-45)72-61-59(69-51-35-21-8-22-36-51)57(68-42-50-33-19-7-20-34-50)55(66-40-48-29-15-5-16-30-48)53(71-61)44-64-38-46-25-11-3-12-26-46/h2-36,52-61H,37-44H2,1H3. The lowest BCUT2D eigenvalue weighted by atomic mass is 9.96. The number of ether oxygens (including phenoxy) is 11. The van der Waals surface area contributed by atoms with E-state index in [1.807, 2.05) is 212 Å². The second-order valence-corrected chi connectivity index (χ2v) is 17.9. The van der Waals surface area contributed by atoms with Crippen LogP contribution in [0.1, 0.15) is 33.4 Å². The van der Waals surface area contributed by atoms with Crippen molar-refractivity contribution in [1.29, 1.82) is 0 Å². The molecule has 0 aromatic heterocycles. The zero-order valence-electron chi connectivity index (χ0n) is 40.6. The van der Waals surface area contributed by atoms with Crippen LogP contribution in [0.25, 0.3) is 0 Å². The van der Waals surface area contributed by atoms with Crippen molar-refractivity contribution in [3.05, 3.63) is 246 Å². The van der Waals surface area contributed by atoms with Gasteiger partial charge in [0.25, 0.3) is 0 Å². The second kappa shape index (κ2) is 27.1. The molecule has 0 spiro atoms. The summed E-state index contributed by atoms with van der Waals surface area (Å²) in [6.45, 7) is 2.11. The zero-order chi connectivity index (χ0) is 49.0. The minimum Gasteiger partial charge on any atom is -0.482 e. The van der Waals surface area contributed by atoms with Crippen molar-refractivity contribution in [2.75, 3.05) is 20.3 Å². The molecule has 0 saturated carbocycles. The van der Waals surface area contributed by atoms with E-state index < -0.39 is 61.4 Å². The van der Waals surface area contributed by atoms with Gasteiger partial charge in [-0.25, -0.2) is 0 Å². The SMILES string of the molecule is COC1OC(COCc2ccccc2)C(OCc2ccccc2)C(OCc2ccccc2)C1OC1OC(COCc2ccccc2)C(OCc2ccccc2)C(OCc2ccccc2)C1Oc1ccccc1. The van der Waals surface area contributed by atoms with Gasteiger partial charge in [0, 0.05) is 7.11 Å². The Morgan fingerprint density at radius 2 is 0.625 bits per heavy atom. The van der Waals surface area contributed by atoms with E-state index >= 15 is 0 Å². The molecule has 9 rings (SSSR count). The van der Waals surface area contributed by atoms with Gasteiger partial charge in [-0.3, -0.25) is 0 Å². The van der Waals surface area contributed by atoms with Gasteiger partial charge < -0.3 is 52.1 Å². The summed E-state index contributed by atoms with van der Waals surface area (Å²) in [6.07, 6.45) is -8.27. The van der Waals surface area contributed by atoms with E-state index in [2.05, 4.69) is 0 Å². The number of methoxy groups -OCH3 is 1. The first kappa shape index (κ1) is 50.9. The summed E-state index contributed by atoms with van der Waals surface area (Å²) in [6, 6.07) is 69.9. The molecule has 10 unspecified atom stereocenters. The number of rotatable bonds is 25. The molecule has 374 valence electrons. The van der Waals surface area contributed by atoms with Crippen molar-refractivity contribution in [3.8, 4) is 5.75 Å². The summed E-state index contributed by atoms with van der Waals surface area (Å²) >= 11 is 0. The fourth-order valence-corrected chi connectivity index (χ4v) is 8.99. The Morgan fingerprint density at radius 3 is 0.986 bits per heavy atom. The van der Waals surface area contributed by atoms with Crippen LogP contribution in [0.2, 0.25) is 0 Å². The maximum atomic E-state index is 7.38. The lowest BCUT2D eigenvalue weighted by Crippen LogP contribution is -2.67. The van der Waals surface area contributed by atoms with Crippen LogP contribution >= 0.6 is 0 Å². The van der Waals surface area contributed by atoms with Gasteiger partial charge in [0.15, 0.2) is 18.7 Å². The molecule has 0 radical (unpaired) electrons. The summed E-state index contributed by atoms with van der Waals surface area (Å²) in [5.74, 6) is 0.591. The van der Waals surface area contributed by atoms with Crippen molar-refractivity contribution in [2.45, 2.75) is 101 Å². The van der Waals surface area contributed by atoms with E-state index in [1.54, 1.807) is 7.11 Å². The van der Waals surface area contributed by atoms with Gasteiger partial charge in [-0.05, 0) is 45.5 Å². The van der Waals surface area contributed by atoms with Crippen LogP contribution in [0.4, 0.5) is 0 Å². The van der Waals surface area contributed by atoms with Crippen molar-refractivity contribution in [3.63, 3.8) is 0 Å². The minimum atomic E-state index is -1.12. The average Bonchev–Trinajstić information content (AvgIpc) is 3.44. The smallest absolute Gasteiger partial charge is 0.198 e. The number of hydrogen-bond donors (Lipinski definition) is 0. The van der Waals surface area contributed by atoms with Crippen LogP contribution in [0.15, 0.2) is 212 Å². The first-order chi connectivity index (χ1) is 35.7. The molecule has 11 heteroatoms. The average molecular weight is 973 g/mol. The van der Waals surface area contributed by atoms with Gasteiger partial charge in [0.05, 0.1) is 52.9 Å². The largest absolute Gasteiger partial charge is 0.482 e. The number of para-hydroxylation sites is 1. The molecule has 0 bridgehead atoms. The minimum absolute atomic E-state index is 0.143. The molecular weight excluding hydrogens is 909 g/mol. The molecule has 7 aromatic carbocycles. The number of hydrogen-bond acceptors (Lipinski definition) is 11. The van der Waals surface area contributed by atoms with Crippen LogP contribution in [-0.2, 0) is 87.0 Å². The number of benzene rings is 7. The van der Waals surface area contributed by atoms with Gasteiger partial charge in [0.2, 0.25) is 0 Å². The molecule has 2 fully saturated rings. The molecule has 10 atom stereocenters. The molecule has 0 aliphatic carbocycles. The Hall–Kier alpha value is -6.06. The zero-order valence-corrected chi connectivity index (χ0v) is 40.6.